The Bertz CT molecular complexity index is 363. The van der Waals surface area contributed by atoms with Crippen LogP contribution in [0.4, 0.5) is 4.79 Å². The molecule has 0 aromatic rings. The topological polar surface area (TPSA) is 75.9 Å². The van der Waals surface area contributed by atoms with Crippen LogP contribution in [0.15, 0.2) is 0 Å². The van der Waals surface area contributed by atoms with Crippen LogP contribution < -0.4 is 5.73 Å². The zero-order valence-corrected chi connectivity index (χ0v) is 13.2. The summed E-state index contributed by atoms with van der Waals surface area (Å²) in [4.78, 5) is 27.3. The SMILES string of the molecule is CC(N)C(=O)N(C)C1CCCN(C(=O)OC(C)(C)C)C1. The second-order valence-electron chi connectivity index (χ2n) is 6.46. The van der Waals surface area contributed by atoms with Crippen LogP contribution in [0.25, 0.3) is 0 Å². The van der Waals surface area contributed by atoms with Gasteiger partial charge in [-0.05, 0) is 40.5 Å². The molecule has 0 radical (unpaired) electrons. The van der Waals surface area contributed by atoms with Crippen molar-refractivity contribution in [2.24, 2.45) is 5.73 Å². The third-order valence-corrected chi connectivity index (χ3v) is 3.33. The highest BCUT2D eigenvalue weighted by Gasteiger charge is 2.31. The Balaban J connectivity index is 2.63. The van der Waals surface area contributed by atoms with E-state index in [9.17, 15) is 9.59 Å². The van der Waals surface area contributed by atoms with Gasteiger partial charge in [0.05, 0.1) is 6.04 Å². The average molecular weight is 285 g/mol. The minimum atomic E-state index is -0.517. The predicted octanol–water partition coefficient (Wildman–Crippen LogP) is 1.19. The molecule has 1 rings (SSSR count). The molecule has 2 atom stereocenters. The molecule has 0 aromatic carbocycles. The van der Waals surface area contributed by atoms with Gasteiger partial charge in [-0.2, -0.15) is 0 Å². The molecule has 116 valence electrons. The molecule has 1 aliphatic heterocycles. The van der Waals surface area contributed by atoms with Gasteiger partial charge in [0, 0.05) is 26.2 Å². The van der Waals surface area contributed by atoms with Gasteiger partial charge in [0.15, 0.2) is 0 Å². The zero-order chi connectivity index (χ0) is 15.5. The summed E-state index contributed by atoms with van der Waals surface area (Å²) in [5, 5.41) is 0. The van der Waals surface area contributed by atoms with E-state index in [4.69, 9.17) is 10.5 Å². The van der Waals surface area contributed by atoms with Crippen molar-refractivity contribution >= 4 is 12.0 Å². The quantitative estimate of drug-likeness (QED) is 0.827. The molecule has 20 heavy (non-hydrogen) atoms. The summed E-state index contributed by atoms with van der Waals surface area (Å²) in [5.74, 6) is -0.0963. The van der Waals surface area contributed by atoms with Gasteiger partial charge in [0.1, 0.15) is 5.60 Å². The van der Waals surface area contributed by atoms with E-state index in [2.05, 4.69) is 0 Å². The Morgan fingerprint density at radius 3 is 2.50 bits per heavy atom. The predicted molar refractivity (Wildman–Crippen MR) is 77.2 cm³/mol. The van der Waals surface area contributed by atoms with Gasteiger partial charge in [0.2, 0.25) is 5.91 Å². The van der Waals surface area contributed by atoms with Gasteiger partial charge in [-0.3, -0.25) is 4.79 Å². The van der Waals surface area contributed by atoms with Gasteiger partial charge in [-0.25, -0.2) is 4.79 Å². The largest absolute Gasteiger partial charge is 0.444 e. The Morgan fingerprint density at radius 1 is 1.40 bits per heavy atom. The van der Waals surface area contributed by atoms with Crippen molar-refractivity contribution in [1.82, 2.24) is 9.80 Å². The lowest BCUT2D eigenvalue weighted by atomic mass is 10.0. The molecule has 2 N–H and O–H groups in total. The van der Waals surface area contributed by atoms with Crippen molar-refractivity contribution < 1.29 is 14.3 Å². The number of piperidine rings is 1. The summed E-state index contributed by atoms with van der Waals surface area (Å²) in [7, 11) is 1.74. The first-order valence-corrected chi connectivity index (χ1v) is 7.12. The van der Waals surface area contributed by atoms with Crippen LogP contribution >= 0.6 is 0 Å². The van der Waals surface area contributed by atoms with Crippen LogP contribution in [-0.4, -0.2) is 59.6 Å². The fraction of sp³-hybridized carbons (Fsp3) is 0.857. The first kappa shape index (κ1) is 16.8. The fourth-order valence-electron chi connectivity index (χ4n) is 2.26. The van der Waals surface area contributed by atoms with Crippen LogP contribution in [0.5, 0.6) is 0 Å². The first-order chi connectivity index (χ1) is 9.11. The van der Waals surface area contributed by atoms with Crippen LogP contribution in [0.3, 0.4) is 0 Å². The molecule has 6 nitrogen and oxygen atoms in total. The number of nitrogens with zero attached hydrogens (tertiary/aromatic N) is 2. The molecule has 0 bridgehead atoms. The normalized spacial score (nSPS) is 21.3. The van der Waals surface area contributed by atoms with Gasteiger partial charge >= 0.3 is 6.09 Å². The van der Waals surface area contributed by atoms with E-state index in [1.165, 1.54) is 0 Å². The minimum Gasteiger partial charge on any atom is -0.444 e. The Labute approximate surface area is 121 Å². The molecule has 1 heterocycles. The van der Waals surface area contributed by atoms with Crippen molar-refractivity contribution in [3.63, 3.8) is 0 Å². The summed E-state index contributed by atoms with van der Waals surface area (Å²) in [6, 6.07) is -0.508. The molecule has 0 aromatic heterocycles. The number of likely N-dealkylation sites (N-methyl/N-ethyl adjacent to an activating group) is 1. The van der Waals surface area contributed by atoms with Crippen LogP contribution in [0, 0.1) is 0 Å². The number of hydrogen-bond acceptors (Lipinski definition) is 4. The molecule has 1 saturated heterocycles. The molecule has 6 heteroatoms. The number of amides is 2. The number of rotatable bonds is 2. The van der Waals surface area contributed by atoms with E-state index in [1.54, 1.807) is 23.8 Å². The average Bonchev–Trinajstić information content (AvgIpc) is 2.35. The minimum absolute atomic E-state index is 0.00904. The second-order valence-corrected chi connectivity index (χ2v) is 6.46. The van der Waals surface area contributed by atoms with Gasteiger partial charge in [0.25, 0.3) is 0 Å². The lowest BCUT2D eigenvalue weighted by molar-refractivity contribution is -0.134. The van der Waals surface area contributed by atoms with E-state index in [1.807, 2.05) is 20.8 Å². The standard InChI is InChI=1S/C14H27N3O3/c1-10(15)12(18)16(5)11-7-6-8-17(9-11)13(19)20-14(2,3)4/h10-11H,6-9,15H2,1-5H3. The molecule has 0 spiro atoms. The van der Waals surface area contributed by atoms with Crippen molar-refractivity contribution in [3.8, 4) is 0 Å². The molecular formula is C14H27N3O3. The number of nitrogens with two attached hydrogens (primary N) is 1. The maximum atomic E-state index is 12.1. The summed E-state index contributed by atoms with van der Waals surface area (Å²) >= 11 is 0. The summed E-state index contributed by atoms with van der Waals surface area (Å²) in [5.41, 5.74) is 5.12. The molecule has 2 amide bonds. The van der Waals surface area contributed by atoms with Crippen LogP contribution in [-0.2, 0) is 9.53 Å². The Morgan fingerprint density at radius 2 is 2.00 bits per heavy atom. The van der Waals surface area contributed by atoms with Gasteiger partial charge < -0.3 is 20.3 Å². The summed E-state index contributed by atoms with van der Waals surface area (Å²) in [6.45, 7) is 8.39. The van der Waals surface area contributed by atoms with E-state index in [0.717, 1.165) is 12.8 Å². The van der Waals surface area contributed by atoms with Gasteiger partial charge in [-0.1, -0.05) is 0 Å². The Hall–Kier alpha value is -1.30. The maximum Gasteiger partial charge on any atom is 0.410 e. The molecule has 1 aliphatic rings. The molecule has 0 saturated carbocycles. The highest BCUT2D eigenvalue weighted by molar-refractivity contribution is 5.81. The maximum absolute atomic E-state index is 12.1. The highest BCUT2D eigenvalue weighted by atomic mass is 16.6. The third kappa shape index (κ3) is 4.67. The molecular weight excluding hydrogens is 258 g/mol. The second kappa shape index (κ2) is 6.43. The lowest BCUT2D eigenvalue weighted by Crippen LogP contribution is -2.53. The van der Waals surface area contributed by atoms with E-state index < -0.39 is 11.6 Å². The number of likely N-dealkylation sites (tertiary alicyclic amines) is 1. The number of carbonyl (C=O) groups excluding carboxylic acids is 2. The number of ether oxygens (including phenoxy) is 1. The summed E-state index contributed by atoms with van der Waals surface area (Å²) < 4.78 is 5.37. The van der Waals surface area contributed by atoms with Crippen molar-refractivity contribution in [2.75, 3.05) is 20.1 Å². The molecule has 2 unspecified atom stereocenters. The number of hydrogen-bond donors (Lipinski definition) is 1. The number of carbonyl (C=O) groups is 2. The van der Waals surface area contributed by atoms with E-state index in [-0.39, 0.29) is 18.0 Å². The highest BCUT2D eigenvalue weighted by Crippen LogP contribution is 2.18. The zero-order valence-electron chi connectivity index (χ0n) is 13.2. The third-order valence-electron chi connectivity index (χ3n) is 3.33. The van der Waals surface area contributed by atoms with Crippen molar-refractivity contribution in [3.05, 3.63) is 0 Å². The van der Waals surface area contributed by atoms with E-state index >= 15 is 0 Å². The van der Waals surface area contributed by atoms with Crippen LogP contribution in [0.2, 0.25) is 0 Å². The van der Waals surface area contributed by atoms with Crippen molar-refractivity contribution in [2.45, 2.75) is 58.2 Å². The monoisotopic (exact) mass is 285 g/mol. The lowest BCUT2D eigenvalue weighted by Gasteiger charge is -2.38. The van der Waals surface area contributed by atoms with Crippen LogP contribution in [0.1, 0.15) is 40.5 Å². The van der Waals surface area contributed by atoms with Crippen molar-refractivity contribution in [1.29, 1.82) is 0 Å². The molecule has 1 fully saturated rings. The van der Waals surface area contributed by atoms with Gasteiger partial charge in [-0.15, -0.1) is 0 Å². The smallest absolute Gasteiger partial charge is 0.410 e. The van der Waals surface area contributed by atoms with E-state index in [0.29, 0.717) is 13.1 Å². The molecule has 0 aliphatic carbocycles. The first-order valence-electron chi connectivity index (χ1n) is 7.12. The fourth-order valence-corrected chi connectivity index (χ4v) is 2.26. The Kier molecular flexibility index (Phi) is 5.39. The summed E-state index contributed by atoms with van der Waals surface area (Å²) in [6.07, 6.45) is 1.43.